The van der Waals surface area contributed by atoms with Gasteiger partial charge < -0.3 is 9.47 Å². The minimum atomic E-state index is 0.313. The highest BCUT2D eigenvalue weighted by Crippen LogP contribution is 1.87. The lowest BCUT2D eigenvalue weighted by Gasteiger charge is -2.06. The number of alkyl halides is 1. The highest BCUT2D eigenvalue weighted by Gasteiger charge is 1.91. The number of rotatable bonds is 6. The SMILES string of the molecule is CC(C)OCCOCCBr. The van der Waals surface area contributed by atoms with Crippen LogP contribution in [0.15, 0.2) is 0 Å². The Kier molecular flexibility index (Phi) is 7.81. The summed E-state index contributed by atoms with van der Waals surface area (Å²) in [6.07, 6.45) is 0.313. The Bertz CT molecular complexity index is 66.6. The van der Waals surface area contributed by atoms with Crippen LogP contribution in [0, 0.1) is 0 Å². The summed E-state index contributed by atoms with van der Waals surface area (Å²) in [5.41, 5.74) is 0. The van der Waals surface area contributed by atoms with Gasteiger partial charge in [0.05, 0.1) is 25.9 Å². The monoisotopic (exact) mass is 210 g/mol. The van der Waals surface area contributed by atoms with Crippen molar-refractivity contribution in [3.05, 3.63) is 0 Å². The van der Waals surface area contributed by atoms with Crippen molar-refractivity contribution < 1.29 is 9.47 Å². The Morgan fingerprint density at radius 2 is 1.90 bits per heavy atom. The second-order valence-corrected chi connectivity index (χ2v) is 3.01. The van der Waals surface area contributed by atoms with Crippen molar-refractivity contribution in [1.82, 2.24) is 0 Å². The van der Waals surface area contributed by atoms with E-state index in [2.05, 4.69) is 15.9 Å². The third-order valence-corrected chi connectivity index (χ3v) is 1.22. The predicted molar refractivity (Wildman–Crippen MR) is 45.7 cm³/mol. The van der Waals surface area contributed by atoms with E-state index in [4.69, 9.17) is 9.47 Å². The van der Waals surface area contributed by atoms with Gasteiger partial charge in [-0.05, 0) is 13.8 Å². The molecule has 0 saturated carbocycles. The number of halogens is 1. The molecule has 0 amide bonds. The van der Waals surface area contributed by atoms with Gasteiger partial charge in [0.25, 0.3) is 0 Å². The fraction of sp³-hybridized carbons (Fsp3) is 1.00. The van der Waals surface area contributed by atoms with E-state index >= 15 is 0 Å². The summed E-state index contributed by atoms with van der Waals surface area (Å²) in [4.78, 5) is 0. The Morgan fingerprint density at radius 3 is 2.40 bits per heavy atom. The van der Waals surface area contributed by atoms with Crippen molar-refractivity contribution in [2.45, 2.75) is 20.0 Å². The highest BCUT2D eigenvalue weighted by atomic mass is 79.9. The summed E-state index contributed by atoms with van der Waals surface area (Å²) in [7, 11) is 0. The topological polar surface area (TPSA) is 18.5 Å². The molecule has 3 heteroatoms. The van der Waals surface area contributed by atoms with E-state index in [9.17, 15) is 0 Å². The van der Waals surface area contributed by atoms with Crippen molar-refractivity contribution in [2.75, 3.05) is 25.2 Å². The maximum absolute atomic E-state index is 5.25. The lowest BCUT2D eigenvalue weighted by atomic mass is 10.5. The molecule has 0 atom stereocenters. The van der Waals surface area contributed by atoms with Gasteiger partial charge in [0.2, 0.25) is 0 Å². The summed E-state index contributed by atoms with van der Waals surface area (Å²) in [6.45, 7) is 6.20. The van der Waals surface area contributed by atoms with Gasteiger partial charge in [-0.1, -0.05) is 15.9 Å². The number of hydrogen-bond donors (Lipinski definition) is 0. The average molecular weight is 211 g/mol. The molecule has 10 heavy (non-hydrogen) atoms. The number of hydrogen-bond acceptors (Lipinski definition) is 2. The van der Waals surface area contributed by atoms with E-state index in [1.807, 2.05) is 13.8 Å². The van der Waals surface area contributed by atoms with E-state index in [0.717, 1.165) is 11.9 Å². The normalized spacial score (nSPS) is 10.8. The quantitative estimate of drug-likeness (QED) is 0.492. The summed E-state index contributed by atoms with van der Waals surface area (Å²) >= 11 is 3.26. The first-order valence-corrected chi connectivity index (χ1v) is 4.65. The third-order valence-electron chi connectivity index (χ3n) is 0.900. The Morgan fingerprint density at radius 1 is 1.20 bits per heavy atom. The number of ether oxygens (including phenoxy) is 2. The molecule has 2 nitrogen and oxygen atoms in total. The molecule has 0 saturated heterocycles. The Balaban J connectivity index is 2.77. The molecular weight excluding hydrogens is 196 g/mol. The van der Waals surface area contributed by atoms with Crippen molar-refractivity contribution >= 4 is 15.9 Å². The maximum atomic E-state index is 5.25. The molecule has 0 rings (SSSR count). The summed E-state index contributed by atoms with van der Waals surface area (Å²) in [5, 5.41) is 0.897. The predicted octanol–water partition coefficient (Wildman–Crippen LogP) is 1.82. The van der Waals surface area contributed by atoms with Gasteiger partial charge in [0.15, 0.2) is 0 Å². The van der Waals surface area contributed by atoms with Gasteiger partial charge in [-0.2, -0.15) is 0 Å². The van der Waals surface area contributed by atoms with Gasteiger partial charge in [0.1, 0.15) is 0 Å². The van der Waals surface area contributed by atoms with Crippen LogP contribution in [0.5, 0.6) is 0 Å². The third kappa shape index (κ3) is 8.40. The minimum absolute atomic E-state index is 0.313. The molecule has 0 aliphatic rings. The second-order valence-electron chi connectivity index (χ2n) is 2.22. The van der Waals surface area contributed by atoms with Crippen molar-refractivity contribution in [1.29, 1.82) is 0 Å². The van der Waals surface area contributed by atoms with Crippen LogP contribution >= 0.6 is 15.9 Å². The molecule has 0 aliphatic heterocycles. The lowest BCUT2D eigenvalue weighted by Crippen LogP contribution is -2.10. The molecule has 0 unspecified atom stereocenters. The van der Waals surface area contributed by atoms with Crippen LogP contribution in [0.4, 0.5) is 0 Å². The van der Waals surface area contributed by atoms with E-state index in [1.54, 1.807) is 0 Å². The molecule has 0 aliphatic carbocycles. The van der Waals surface area contributed by atoms with Gasteiger partial charge in [-0.25, -0.2) is 0 Å². The van der Waals surface area contributed by atoms with Crippen LogP contribution in [-0.2, 0) is 9.47 Å². The average Bonchev–Trinajstić information content (AvgIpc) is 1.87. The molecular formula is C7H15BrO2. The van der Waals surface area contributed by atoms with Crippen molar-refractivity contribution in [2.24, 2.45) is 0 Å². The van der Waals surface area contributed by atoms with Crippen LogP contribution in [0.3, 0.4) is 0 Å². The summed E-state index contributed by atoms with van der Waals surface area (Å²) in [5.74, 6) is 0. The second kappa shape index (κ2) is 7.51. The van der Waals surface area contributed by atoms with E-state index in [-0.39, 0.29) is 0 Å². The van der Waals surface area contributed by atoms with Crippen LogP contribution < -0.4 is 0 Å². The standard InChI is InChI=1S/C7H15BrO2/c1-7(2)10-6-5-9-4-3-8/h7H,3-6H2,1-2H3. The zero-order valence-corrected chi connectivity index (χ0v) is 8.19. The molecule has 62 valence electrons. The molecule has 0 bridgehead atoms. The molecule has 0 heterocycles. The van der Waals surface area contributed by atoms with Crippen LogP contribution in [-0.4, -0.2) is 31.3 Å². The first-order valence-electron chi connectivity index (χ1n) is 3.52. The van der Waals surface area contributed by atoms with Gasteiger partial charge in [-0.15, -0.1) is 0 Å². The molecule has 0 radical (unpaired) electrons. The molecule has 0 aromatic carbocycles. The van der Waals surface area contributed by atoms with Crippen LogP contribution in [0.2, 0.25) is 0 Å². The van der Waals surface area contributed by atoms with E-state index in [1.165, 1.54) is 0 Å². The maximum Gasteiger partial charge on any atom is 0.0703 e. The van der Waals surface area contributed by atoms with Gasteiger partial charge in [-0.3, -0.25) is 0 Å². The fourth-order valence-electron chi connectivity index (χ4n) is 0.499. The lowest BCUT2D eigenvalue weighted by molar-refractivity contribution is 0.0239. The zero-order chi connectivity index (χ0) is 7.82. The first kappa shape index (κ1) is 10.4. The molecule has 0 spiro atoms. The smallest absolute Gasteiger partial charge is 0.0703 e. The van der Waals surface area contributed by atoms with Crippen molar-refractivity contribution in [3.8, 4) is 0 Å². The molecule has 0 aromatic rings. The largest absolute Gasteiger partial charge is 0.378 e. The van der Waals surface area contributed by atoms with E-state index in [0.29, 0.717) is 19.3 Å². The van der Waals surface area contributed by atoms with Crippen LogP contribution in [0.25, 0.3) is 0 Å². The Hall–Kier alpha value is 0.400. The Labute approximate surface area is 71.0 Å². The molecule has 0 aromatic heterocycles. The molecule has 0 N–H and O–H groups in total. The minimum Gasteiger partial charge on any atom is -0.378 e. The first-order chi connectivity index (χ1) is 4.77. The summed E-state index contributed by atoms with van der Waals surface area (Å²) in [6, 6.07) is 0. The van der Waals surface area contributed by atoms with Gasteiger partial charge >= 0.3 is 0 Å². The summed E-state index contributed by atoms with van der Waals surface area (Å²) < 4.78 is 10.4. The molecule has 0 fully saturated rings. The van der Waals surface area contributed by atoms with Crippen LogP contribution in [0.1, 0.15) is 13.8 Å². The highest BCUT2D eigenvalue weighted by molar-refractivity contribution is 9.09. The zero-order valence-electron chi connectivity index (χ0n) is 6.60. The van der Waals surface area contributed by atoms with E-state index < -0.39 is 0 Å². The van der Waals surface area contributed by atoms with Gasteiger partial charge in [0, 0.05) is 5.33 Å². The van der Waals surface area contributed by atoms with Crippen molar-refractivity contribution in [3.63, 3.8) is 0 Å². The fourth-order valence-corrected chi connectivity index (χ4v) is 0.728.